The van der Waals surface area contributed by atoms with Crippen LogP contribution in [0.25, 0.3) is 6.08 Å². The lowest BCUT2D eigenvalue weighted by Gasteiger charge is -2.17. The smallest absolute Gasteiger partial charge is 0.167 e. The van der Waals surface area contributed by atoms with Crippen molar-refractivity contribution in [2.45, 2.75) is 12.8 Å². The number of fused-ring (bicyclic) bond motifs is 1. The van der Waals surface area contributed by atoms with Crippen LogP contribution in [0.15, 0.2) is 58.6 Å². The molecule has 0 atom stereocenters. The van der Waals surface area contributed by atoms with Gasteiger partial charge < -0.3 is 0 Å². The average molecular weight is 313 g/mol. The minimum atomic E-state index is 0.225. The predicted molar refractivity (Wildman–Crippen MR) is 81.2 cm³/mol. The monoisotopic (exact) mass is 312 g/mol. The van der Waals surface area contributed by atoms with Crippen molar-refractivity contribution < 1.29 is 4.79 Å². The van der Waals surface area contributed by atoms with Gasteiger partial charge in [0.15, 0.2) is 5.78 Å². The molecule has 94 valence electrons. The van der Waals surface area contributed by atoms with Gasteiger partial charge in [0, 0.05) is 16.5 Å². The van der Waals surface area contributed by atoms with Gasteiger partial charge in [0.25, 0.3) is 0 Å². The number of hydrogen-bond donors (Lipinski definition) is 0. The van der Waals surface area contributed by atoms with Crippen LogP contribution < -0.4 is 0 Å². The van der Waals surface area contributed by atoms with E-state index in [0.717, 1.165) is 27.6 Å². The maximum Gasteiger partial charge on any atom is 0.167 e. The lowest BCUT2D eigenvalue weighted by molar-refractivity contribution is 0.0987. The Bertz CT molecular complexity index is 670. The standard InChI is InChI=1S/C17H13BrO/c18-15-6-3-4-12(10-15)8-13-9-14-5-1-2-7-16(14)17(19)11-13/h1-8,10H,9,11H2/b13-8-. The largest absolute Gasteiger partial charge is 0.294 e. The minimum Gasteiger partial charge on any atom is -0.294 e. The summed E-state index contributed by atoms with van der Waals surface area (Å²) in [6.07, 6.45) is 3.52. The molecule has 1 aliphatic carbocycles. The number of rotatable bonds is 1. The number of allylic oxidation sites excluding steroid dienone is 1. The highest BCUT2D eigenvalue weighted by Crippen LogP contribution is 2.26. The highest BCUT2D eigenvalue weighted by Gasteiger charge is 2.19. The number of halogens is 1. The second-order valence-electron chi connectivity index (χ2n) is 4.79. The van der Waals surface area contributed by atoms with Crippen molar-refractivity contribution in [1.29, 1.82) is 0 Å². The zero-order chi connectivity index (χ0) is 13.2. The Balaban J connectivity index is 1.95. The van der Waals surface area contributed by atoms with Crippen LogP contribution in [-0.4, -0.2) is 5.78 Å². The summed E-state index contributed by atoms with van der Waals surface area (Å²) in [7, 11) is 0. The molecule has 0 saturated heterocycles. The maximum absolute atomic E-state index is 12.1. The lowest BCUT2D eigenvalue weighted by Crippen LogP contribution is -2.12. The molecule has 0 radical (unpaired) electrons. The fourth-order valence-corrected chi connectivity index (χ4v) is 2.91. The van der Waals surface area contributed by atoms with Gasteiger partial charge in [-0.25, -0.2) is 0 Å². The Kier molecular flexibility index (Phi) is 3.34. The van der Waals surface area contributed by atoms with Gasteiger partial charge in [0.05, 0.1) is 0 Å². The number of carbonyl (C=O) groups is 1. The highest BCUT2D eigenvalue weighted by atomic mass is 79.9. The molecule has 2 aromatic carbocycles. The summed E-state index contributed by atoms with van der Waals surface area (Å²) in [4.78, 5) is 12.1. The summed E-state index contributed by atoms with van der Waals surface area (Å²) >= 11 is 3.47. The molecule has 3 rings (SSSR count). The Morgan fingerprint density at radius 2 is 1.84 bits per heavy atom. The number of benzene rings is 2. The first kappa shape index (κ1) is 12.4. The van der Waals surface area contributed by atoms with E-state index in [4.69, 9.17) is 0 Å². The third-order valence-corrected chi connectivity index (χ3v) is 3.84. The van der Waals surface area contributed by atoms with Gasteiger partial charge in [-0.3, -0.25) is 4.79 Å². The fraction of sp³-hybridized carbons (Fsp3) is 0.118. The Labute approximate surface area is 121 Å². The Hall–Kier alpha value is -1.67. The molecule has 0 spiro atoms. The van der Waals surface area contributed by atoms with Crippen LogP contribution in [0, 0.1) is 0 Å². The molecular weight excluding hydrogens is 300 g/mol. The topological polar surface area (TPSA) is 17.1 Å². The van der Waals surface area contributed by atoms with Crippen LogP contribution in [0.4, 0.5) is 0 Å². The van der Waals surface area contributed by atoms with Crippen LogP contribution in [0.3, 0.4) is 0 Å². The number of hydrogen-bond acceptors (Lipinski definition) is 1. The second kappa shape index (κ2) is 5.14. The van der Waals surface area contributed by atoms with Crippen molar-refractivity contribution >= 4 is 27.8 Å². The lowest BCUT2D eigenvalue weighted by atomic mass is 9.86. The normalized spacial score (nSPS) is 16.5. The molecule has 0 aliphatic heterocycles. The molecule has 2 aromatic rings. The molecule has 0 N–H and O–H groups in total. The van der Waals surface area contributed by atoms with E-state index in [0.29, 0.717) is 6.42 Å². The van der Waals surface area contributed by atoms with Crippen LogP contribution in [0.2, 0.25) is 0 Å². The van der Waals surface area contributed by atoms with E-state index >= 15 is 0 Å². The fourth-order valence-electron chi connectivity index (χ4n) is 2.49. The van der Waals surface area contributed by atoms with E-state index in [9.17, 15) is 4.79 Å². The van der Waals surface area contributed by atoms with Gasteiger partial charge in [-0.1, -0.05) is 64.0 Å². The van der Waals surface area contributed by atoms with Crippen molar-refractivity contribution in [3.63, 3.8) is 0 Å². The summed E-state index contributed by atoms with van der Waals surface area (Å²) in [5.41, 5.74) is 4.34. The average Bonchev–Trinajstić information content (AvgIpc) is 2.39. The molecule has 1 aliphatic rings. The second-order valence-corrected chi connectivity index (χ2v) is 5.71. The molecule has 2 heteroatoms. The van der Waals surface area contributed by atoms with E-state index in [2.05, 4.69) is 34.1 Å². The predicted octanol–water partition coefficient (Wildman–Crippen LogP) is 4.66. The third-order valence-electron chi connectivity index (χ3n) is 3.34. The van der Waals surface area contributed by atoms with E-state index in [-0.39, 0.29) is 5.78 Å². The Morgan fingerprint density at radius 3 is 2.68 bits per heavy atom. The molecule has 0 saturated carbocycles. The van der Waals surface area contributed by atoms with Crippen LogP contribution >= 0.6 is 15.9 Å². The van der Waals surface area contributed by atoms with E-state index in [1.807, 2.05) is 36.4 Å². The summed E-state index contributed by atoms with van der Waals surface area (Å²) in [6.45, 7) is 0. The zero-order valence-corrected chi connectivity index (χ0v) is 12.0. The van der Waals surface area contributed by atoms with Gasteiger partial charge >= 0.3 is 0 Å². The number of carbonyl (C=O) groups excluding carboxylic acids is 1. The van der Waals surface area contributed by atoms with Crippen molar-refractivity contribution in [1.82, 2.24) is 0 Å². The van der Waals surface area contributed by atoms with Gasteiger partial charge in [-0.15, -0.1) is 0 Å². The van der Waals surface area contributed by atoms with E-state index < -0.39 is 0 Å². The Morgan fingerprint density at radius 1 is 1.00 bits per heavy atom. The van der Waals surface area contributed by atoms with Crippen molar-refractivity contribution in [3.8, 4) is 0 Å². The maximum atomic E-state index is 12.1. The van der Waals surface area contributed by atoms with Crippen molar-refractivity contribution in [2.75, 3.05) is 0 Å². The number of ketones is 1. The summed E-state index contributed by atoms with van der Waals surface area (Å²) in [5.74, 6) is 0.225. The van der Waals surface area contributed by atoms with Crippen LogP contribution in [0.5, 0.6) is 0 Å². The first-order valence-corrected chi connectivity index (χ1v) is 7.08. The van der Waals surface area contributed by atoms with E-state index in [1.54, 1.807) is 0 Å². The first-order valence-electron chi connectivity index (χ1n) is 6.28. The minimum absolute atomic E-state index is 0.225. The van der Waals surface area contributed by atoms with Gasteiger partial charge in [0.2, 0.25) is 0 Å². The molecule has 0 unspecified atom stereocenters. The quantitative estimate of drug-likeness (QED) is 0.748. The molecule has 19 heavy (non-hydrogen) atoms. The molecule has 0 amide bonds. The summed E-state index contributed by atoms with van der Waals surface area (Å²) in [5, 5.41) is 0. The van der Waals surface area contributed by atoms with Crippen molar-refractivity contribution in [2.24, 2.45) is 0 Å². The molecule has 1 nitrogen and oxygen atoms in total. The van der Waals surface area contributed by atoms with Gasteiger partial charge in [-0.2, -0.15) is 0 Å². The molecule has 0 heterocycles. The van der Waals surface area contributed by atoms with Crippen molar-refractivity contribution in [3.05, 3.63) is 75.3 Å². The molecule has 0 bridgehead atoms. The first-order chi connectivity index (χ1) is 9.22. The molecule has 0 aromatic heterocycles. The summed E-state index contributed by atoms with van der Waals surface area (Å²) in [6, 6.07) is 16.0. The van der Waals surface area contributed by atoms with Crippen LogP contribution in [-0.2, 0) is 6.42 Å². The molecule has 0 fully saturated rings. The summed E-state index contributed by atoms with van der Waals surface area (Å²) < 4.78 is 1.06. The molecular formula is C17H13BrO. The SMILES string of the molecule is O=C1C/C(=C\c2cccc(Br)c2)Cc2ccccc21. The highest BCUT2D eigenvalue weighted by molar-refractivity contribution is 9.10. The zero-order valence-electron chi connectivity index (χ0n) is 10.4. The van der Waals surface area contributed by atoms with Gasteiger partial charge in [0.1, 0.15) is 0 Å². The van der Waals surface area contributed by atoms with Crippen LogP contribution in [0.1, 0.15) is 27.9 Å². The van der Waals surface area contributed by atoms with Gasteiger partial charge in [-0.05, 0) is 29.7 Å². The third kappa shape index (κ3) is 2.69. The number of Topliss-reactive ketones (excluding diaryl/α,β-unsaturated/α-hetero) is 1. The van der Waals surface area contributed by atoms with E-state index in [1.165, 1.54) is 5.57 Å².